The van der Waals surface area contributed by atoms with E-state index in [4.69, 9.17) is 23.2 Å². The first-order valence-electron chi connectivity index (χ1n) is 10.1. The second kappa shape index (κ2) is 9.71. The molecule has 1 saturated heterocycles. The summed E-state index contributed by atoms with van der Waals surface area (Å²) in [6, 6.07) is 10.6. The summed E-state index contributed by atoms with van der Waals surface area (Å²) in [4.78, 5) is 27.3. The lowest BCUT2D eigenvalue weighted by Crippen LogP contribution is -2.42. The molecule has 2 amide bonds. The summed E-state index contributed by atoms with van der Waals surface area (Å²) in [5, 5.41) is 6.56. The highest BCUT2D eigenvalue weighted by Gasteiger charge is 2.26. The van der Waals surface area contributed by atoms with Crippen molar-refractivity contribution in [3.8, 4) is 0 Å². The Bertz CT molecular complexity index is 938. The molecule has 0 spiro atoms. The molecule has 0 aliphatic carbocycles. The monoisotopic (exact) mass is 447 g/mol. The standard InChI is InChI=1S/C23H27Cl2N3O2/c1-14-9-15(2)13-28(12-14)23(30)17-8-7-16(3)20(10-17)26-11-21(29)27-19-6-4-5-18(24)22(19)25/h4-8,10,14-15,26H,9,11-13H2,1-3H3,(H,27,29)/t14-,15+. The molecule has 1 aliphatic rings. The lowest BCUT2D eigenvalue weighted by Gasteiger charge is -2.35. The summed E-state index contributed by atoms with van der Waals surface area (Å²) in [7, 11) is 0. The minimum Gasteiger partial charge on any atom is -0.376 e. The van der Waals surface area contributed by atoms with Crippen LogP contribution in [0.5, 0.6) is 0 Å². The number of aryl methyl sites for hydroxylation is 1. The quantitative estimate of drug-likeness (QED) is 0.638. The smallest absolute Gasteiger partial charge is 0.253 e. The fourth-order valence-electron chi connectivity index (χ4n) is 3.93. The summed E-state index contributed by atoms with van der Waals surface area (Å²) < 4.78 is 0. The van der Waals surface area contributed by atoms with Crippen molar-refractivity contribution < 1.29 is 9.59 Å². The zero-order valence-electron chi connectivity index (χ0n) is 17.5. The normalized spacial score (nSPS) is 18.8. The molecule has 2 aromatic rings. The molecule has 0 bridgehead atoms. The molecule has 5 nitrogen and oxygen atoms in total. The highest BCUT2D eigenvalue weighted by Crippen LogP contribution is 2.29. The van der Waals surface area contributed by atoms with Gasteiger partial charge < -0.3 is 15.5 Å². The molecule has 0 aromatic heterocycles. The number of halogens is 2. The number of benzene rings is 2. The SMILES string of the molecule is Cc1ccc(C(=O)N2C[C@H](C)C[C@H](C)C2)cc1NCC(=O)Nc1cccc(Cl)c1Cl. The van der Waals surface area contributed by atoms with Gasteiger partial charge in [-0.3, -0.25) is 9.59 Å². The molecular weight excluding hydrogens is 421 g/mol. The molecule has 1 heterocycles. The zero-order chi connectivity index (χ0) is 21.8. The number of nitrogens with zero attached hydrogens (tertiary/aromatic N) is 1. The maximum atomic E-state index is 13.0. The number of amides is 2. The molecule has 1 fully saturated rings. The van der Waals surface area contributed by atoms with Gasteiger partial charge in [-0.2, -0.15) is 0 Å². The van der Waals surface area contributed by atoms with Crippen LogP contribution in [0, 0.1) is 18.8 Å². The summed E-state index contributed by atoms with van der Waals surface area (Å²) in [6.07, 6.45) is 1.15. The van der Waals surface area contributed by atoms with E-state index in [1.165, 1.54) is 0 Å². The fraction of sp³-hybridized carbons (Fsp3) is 0.391. The Balaban J connectivity index is 1.66. The number of carbonyl (C=O) groups excluding carboxylic acids is 2. The average molecular weight is 448 g/mol. The fourth-order valence-corrected chi connectivity index (χ4v) is 4.27. The van der Waals surface area contributed by atoms with Gasteiger partial charge in [-0.25, -0.2) is 0 Å². The van der Waals surface area contributed by atoms with Gasteiger partial charge in [-0.05, 0) is 55.0 Å². The number of hydrogen-bond donors (Lipinski definition) is 2. The molecule has 0 unspecified atom stereocenters. The lowest BCUT2D eigenvalue weighted by molar-refractivity contribution is -0.114. The Labute approximate surface area is 187 Å². The minimum atomic E-state index is -0.256. The highest BCUT2D eigenvalue weighted by molar-refractivity contribution is 6.44. The van der Waals surface area contributed by atoms with Crippen molar-refractivity contribution in [1.29, 1.82) is 0 Å². The molecule has 2 N–H and O–H groups in total. The molecule has 1 aliphatic heterocycles. The Kier molecular flexibility index (Phi) is 7.27. The van der Waals surface area contributed by atoms with Crippen molar-refractivity contribution in [3.63, 3.8) is 0 Å². The number of piperidine rings is 1. The molecule has 7 heteroatoms. The van der Waals surface area contributed by atoms with Gasteiger partial charge in [0.05, 0.1) is 22.3 Å². The number of carbonyl (C=O) groups is 2. The number of nitrogens with one attached hydrogen (secondary N) is 2. The van der Waals surface area contributed by atoms with E-state index in [9.17, 15) is 9.59 Å². The second-order valence-corrected chi connectivity index (χ2v) is 8.97. The Hall–Kier alpha value is -2.24. The summed E-state index contributed by atoms with van der Waals surface area (Å²) >= 11 is 12.1. The maximum absolute atomic E-state index is 13.0. The molecule has 30 heavy (non-hydrogen) atoms. The van der Waals surface area contributed by atoms with Crippen LogP contribution in [0.2, 0.25) is 10.0 Å². The Morgan fingerprint density at radius 1 is 1.07 bits per heavy atom. The molecular formula is C23H27Cl2N3O2. The van der Waals surface area contributed by atoms with Crippen LogP contribution in [0.1, 0.15) is 36.2 Å². The molecule has 160 valence electrons. The average Bonchev–Trinajstić information content (AvgIpc) is 2.69. The third-order valence-corrected chi connectivity index (χ3v) is 6.12. The van der Waals surface area contributed by atoms with Crippen molar-refractivity contribution >= 4 is 46.4 Å². The van der Waals surface area contributed by atoms with Gasteiger partial charge in [-0.1, -0.05) is 49.2 Å². The van der Waals surface area contributed by atoms with Crippen molar-refractivity contribution in [3.05, 3.63) is 57.6 Å². The highest BCUT2D eigenvalue weighted by atomic mass is 35.5. The van der Waals surface area contributed by atoms with Gasteiger partial charge >= 0.3 is 0 Å². The second-order valence-electron chi connectivity index (χ2n) is 8.19. The van der Waals surface area contributed by atoms with E-state index in [0.29, 0.717) is 33.1 Å². The van der Waals surface area contributed by atoms with E-state index in [0.717, 1.165) is 30.8 Å². The summed E-state index contributed by atoms with van der Waals surface area (Å²) in [5.41, 5.74) is 2.81. The van der Waals surface area contributed by atoms with Crippen LogP contribution < -0.4 is 10.6 Å². The van der Waals surface area contributed by atoms with E-state index in [1.54, 1.807) is 18.2 Å². The molecule has 2 atom stereocenters. The number of hydrogen-bond acceptors (Lipinski definition) is 3. The van der Waals surface area contributed by atoms with Crippen molar-refractivity contribution in [1.82, 2.24) is 4.90 Å². The first-order valence-corrected chi connectivity index (χ1v) is 10.9. The van der Waals surface area contributed by atoms with E-state index >= 15 is 0 Å². The Morgan fingerprint density at radius 2 is 1.77 bits per heavy atom. The van der Waals surface area contributed by atoms with Crippen LogP contribution in [0.3, 0.4) is 0 Å². The topological polar surface area (TPSA) is 61.4 Å². The summed E-state index contributed by atoms with van der Waals surface area (Å²) in [6.45, 7) is 7.91. The summed E-state index contributed by atoms with van der Waals surface area (Å²) in [5.74, 6) is 0.783. The Morgan fingerprint density at radius 3 is 2.47 bits per heavy atom. The van der Waals surface area contributed by atoms with Crippen molar-refractivity contribution in [2.45, 2.75) is 27.2 Å². The van der Waals surface area contributed by atoms with Crippen LogP contribution in [-0.4, -0.2) is 36.3 Å². The van der Waals surface area contributed by atoms with Gasteiger partial charge in [0.1, 0.15) is 0 Å². The number of anilines is 2. The van der Waals surface area contributed by atoms with Gasteiger partial charge in [0.2, 0.25) is 5.91 Å². The van der Waals surface area contributed by atoms with Crippen molar-refractivity contribution in [2.75, 3.05) is 30.3 Å². The van der Waals surface area contributed by atoms with Crippen LogP contribution in [0.25, 0.3) is 0 Å². The lowest BCUT2D eigenvalue weighted by atomic mass is 9.91. The van der Waals surface area contributed by atoms with Crippen LogP contribution in [-0.2, 0) is 4.79 Å². The predicted octanol–water partition coefficient (Wildman–Crippen LogP) is 5.47. The number of likely N-dealkylation sites (tertiary alicyclic amines) is 1. The third kappa shape index (κ3) is 5.46. The molecule has 3 rings (SSSR count). The van der Waals surface area contributed by atoms with E-state index < -0.39 is 0 Å². The van der Waals surface area contributed by atoms with Crippen LogP contribution in [0.4, 0.5) is 11.4 Å². The van der Waals surface area contributed by atoms with Crippen LogP contribution >= 0.6 is 23.2 Å². The number of rotatable bonds is 5. The first-order chi connectivity index (χ1) is 14.2. The zero-order valence-corrected chi connectivity index (χ0v) is 19.0. The maximum Gasteiger partial charge on any atom is 0.253 e. The molecule has 2 aromatic carbocycles. The van der Waals surface area contributed by atoms with E-state index in [1.807, 2.05) is 30.0 Å². The largest absolute Gasteiger partial charge is 0.376 e. The van der Waals surface area contributed by atoms with E-state index in [2.05, 4.69) is 24.5 Å². The van der Waals surface area contributed by atoms with Gasteiger partial charge in [0.15, 0.2) is 0 Å². The van der Waals surface area contributed by atoms with Gasteiger partial charge in [-0.15, -0.1) is 0 Å². The third-order valence-electron chi connectivity index (χ3n) is 5.31. The predicted molar refractivity (Wildman–Crippen MR) is 124 cm³/mol. The van der Waals surface area contributed by atoms with Gasteiger partial charge in [0.25, 0.3) is 5.91 Å². The molecule has 0 radical (unpaired) electrons. The van der Waals surface area contributed by atoms with Gasteiger partial charge in [0, 0.05) is 24.3 Å². The van der Waals surface area contributed by atoms with Crippen molar-refractivity contribution in [2.24, 2.45) is 11.8 Å². The van der Waals surface area contributed by atoms with Crippen LogP contribution in [0.15, 0.2) is 36.4 Å². The first kappa shape index (κ1) is 22.4. The minimum absolute atomic E-state index is 0.0339. The van der Waals surface area contributed by atoms with E-state index in [-0.39, 0.29) is 18.4 Å². The molecule has 0 saturated carbocycles.